The zero-order chi connectivity index (χ0) is 15.7. The van der Waals surface area contributed by atoms with E-state index in [0.717, 1.165) is 15.2 Å². The van der Waals surface area contributed by atoms with Gasteiger partial charge in [0.25, 0.3) is 0 Å². The maximum atomic E-state index is 5.40. The van der Waals surface area contributed by atoms with E-state index in [1.807, 2.05) is 0 Å². The molecule has 22 heavy (non-hydrogen) atoms. The molecule has 0 amide bonds. The van der Waals surface area contributed by atoms with Gasteiger partial charge in [-0.2, -0.15) is 0 Å². The molecular formula is C18H16N2S2. The number of aryl methyl sites for hydroxylation is 3. The van der Waals surface area contributed by atoms with Crippen LogP contribution in [0.25, 0.3) is 21.3 Å². The van der Waals surface area contributed by atoms with E-state index in [1.165, 1.54) is 27.1 Å². The predicted molar refractivity (Wildman–Crippen MR) is 96.6 cm³/mol. The molecule has 0 radical (unpaired) electrons. The third-order valence-corrected chi connectivity index (χ3v) is 5.62. The van der Waals surface area contributed by atoms with Crippen molar-refractivity contribution in [3.05, 3.63) is 40.5 Å². The third kappa shape index (κ3) is 2.63. The third-order valence-electron chi connectivity index (χ3n) is 3.72. The van der Waals surface area contributed by atoms with Crippen molar-refractivity contribution < 1.29 is 0 Å². The molecule has 0 atom stereocenters. The van der Waals surface area contributed by atoms with Gasteiger partial charge in [-0.05, 0) is 37.5 Å². The van der Waals surface area contributed by atoms with Crippen molar-refractivity contribution in [2.75, 3.05) is 5.75 Å². The van der Waals surface area contributed by atoms with Gasteiger partial charge < -0.3 is 0 Å². The van der Waals surface area contributed by atoms with E-state index in [0.29, 0.717) is 5.75 Å². The van der Waals surface area contributed by atoms with Crippen LogP contribution in [0.5, 0.6) is 0 Å². The van der Waals surface area contributed by atoms with Crippen LogP contribution in [-0.4, -0.2) is 15.7 Å². The van der Waals surface area contributed by atoms with Crippen LogP contribution in [0.3, 0.4) is 0 Å². The first-order valence-electron chi connectivity index (χ1n) is 6.99. The van der Waals surface area contributed by atoms with Gasteiger partial charge in [-0.1, -0.05) is 35.9 Å². The van der Waals surface area contributed by atoms with Gasteiger partial charge in [-0.25, -0.2) is 9.97 Å². The molecule has 2 heterocycles. The molecule has 3 rings (SSSR count). The summed E-state index contributed by atoms with van der Waals surface area (Å²) >= 11 is 3.31. The minimum atomic E-state index is 0.618. The number of hydrogen-bond acceptors (Lipinski definition) is 4. The molecule has 0 fully saturated rings. The summed E-state index contributed by atoms with van der Waals surface area (Å²) in [5, 5.41) is 2.11. The lowest BCUT2D eigenvalue weighted by molar-refractivity contribution is 1.11. The number of hydrogen-bond donors (Lipinski definition) is 0. The van der Waals surface area contributed by atoms with E-state index in [4.69, 9.17) is 6.42 Å². The Kier molecular flexibility index (Phi) is 4.19. The standard InChI is InChI=1S/C18H16N2S2/c1-5-8-21-17-16-15(13(4)22-18(16)20-10-19-17)14-7-6-11(2)12(3)9-14/h1,6-7,9-10H,8H2,2-4H3. The molecule has 2 aromatic heterocycles. The van der Waals surface area contributed by atoms with Crippen LogP contribution in [0.2, 0.25) is 0 Å². The SMILES string of the molecule is C#CCSc1ncnc2sc(C)c(-c3ccc(C)c(C)c3)c12. The molecule has 0 N–H and O–H groups in total. The molecule has 3 aromatic rings. The van der Waals surface area contributed by atoms with E-state index in [-0.39, 0.29) is 0 Å². The van der Waals surface area contributed by atoms with Crippen molar-refractivity contribution in [3.63, 3.8) is 0 Å². The topological polar surface area (TPSA) is 25.8 Å². The van der Waals surface area contributed by atoms with Gasteiger partial charge in [0.1, 0.15) is 16.2 Å². The first-order chi connectivity index (χ1) is 10.6. The number of benzene rings is 1. The second-order valence-electron chi connectivity index (χ2n) is 5.18. The van der Waals surface area contributed by atoms with Crippen LogP contribution in [0.15, 0.2) is 29.6 Å². The number of fused-ring (bicyclic) bond motifs is 1. The van der Waals surface area contributed by atoms with Crippen LogP contribution in [0.1, 0.15) is 16.0 Å². The minimum Gasteiger partial charge on any atom is -0.229 e. The zero-order valence-electron chi connectivity index (χ0n) is 12.8. The maximum absolute atomic E-state index is 5.40. The van der Waals surface area contributed by atoms with Crippen molar-refractivity contribution in [2.24, 2.45) is 0 Å². The summed E-state index contributed by atoms with van der Waals surface area (Å²) in [5.41, 5.74) is 5.07. The van der Waals surface area contributed by atoms with Gasteiger partial charge >= 0.3 is 0 Å². The fourth-order valence-electron chi connectivity index (χ4n) is 2.48. The van der Waals surface area contributed by atoms with Crippen molar-refractivity contribution in [1.29, 1.82) is 0 Å². The summed E-state index contributed by atoms with van der Waals surface area (Å²) in [6, 6.07) is 6.59. The summed E-state index contributed by atoms with van der Waals surface area (Å²) < 4.78 is 0. The van der Waals surface area contributed by atoms with E-state index in [2.05, 4.69) is 54.9 Å². The van der Waals surface area contributed by atoms with Crippen LogP contribution in [0, 0.1) is 33.1 Å². The fraction of sp³-hybridized carbons (Fsp3) is 0.222. The number of thioether (sulfide) groups is 1. The Hall–Kier alpha value is -1.83. The van der Waals surface area contributed by atoms with Gasteiger partial charge in [-0.3, -0.25) is 0 Å². The summed E-state index contributed by atoms with van der Waals surface area (Å²) in [7, 11) is 0. The highest BCUT2D eigenvalue weighted by atomic mass is 32.2. The maximum Gasteiger partial charge on any atom is 0.128 e. The average molecular weight is 324 g/mol. The number of rotatable bonds is 3. The van der Waals surface area contributed by atoms with E-state index in [1.54, 1.807) is 29.4 Å². The highest BCUT2D eigenvalue weighted by Crippen LogP contribution is 2.41. The second kappa shape index (κ2) is 6.12. The Morgan fingerprint density at radius 1 is 1.18 bits per heavy atom. The molecule has 2 nitrogen and oxygen atoms in total. The quantitative estimate of drug-likeness (QED) is 0.385. The number of nitrogens with zero attached hydrogens (tertiary/aromatic N) is 2. The Bertz CT molecular complexity index is 888. The Balaban J connectivity index is 2.26. The normalized spacial score (nSPS) is 10.8. The van der Waals surface area contributed by atoms with E-state index < -0.39 is 0 Å². The average Bonchev–Trinajstić information content (AvgIpc) is 2.84. The molecule has 0 aliphatic rings. The van der Waals surface area contributed by atoms with Crippen LogP contribution < -0.4 is 0 Å². The highest BCUT2D eigenvalue weighted by molar-refractivity contribution is 7.99. The molecule has 0 saturated heterocycles. The number of aromatic nitrogens is 2. The summed E-state index contributed by atoms with van der Waals surface area (Å²) in [4.78, 5) is 11.2. The number of terminal acetylenes is 1. The molecule has 110 valence electrons. The molecule has 0 saturated carbocycles. The first kappa shape index (κ1) is 15.1. The summed E-state index contributed by atoms with van der Waals surface area (Å²) in [6.07, 6.45) is 7.03. The molecule has 0 aliphatic heterocycles. The van der Waals surface area contributed by atoms with Gasteiger partial charge in [0, 0.05) is 10.4 Å². The van der Waals surface area contributed by atoms with Crippen LogP contribution >= 0.6 is 23.1 Å². The highest BCUT2D eigenvalue weighted by Gasteiger charge is 2.17. The second-order valence-corrected chi connectivity index (χ2v) is 7.35. The largest absolute Gasteiger partial charge is 0.229 e. The zero-order valence-corrected chi connectivity index (χ0v) is 14.4. The summed E-state index contributed by atoms with van der Waals surface area (Å²) in [5.74, 6) is 3.29. The van der Waals surface area contributed by atoms with Gasteiger partial charge in [0.05, 0.1) is 11.1 Å². The van der Waals surface area contributed by atoms with Crippen LogP contribution in [0.4, 0.5) is 0 Å². The molecule has 1 aromatic carbocycles. The van der Waals surface area contributed by atoms with Gasteiger partial charge in [0.2, 0.25) is 0 Å². The lowest BCUT2D eigenvalue weighted by Gasteiger charge is -2.07. The Labute approximate surface area is 139 Å². The first-order valence-corrected chi connectivity index (χ1v) is 8.80. The number of thiophene rings is 1. The summed E-state index contributed by atoms with van der Waals surface area (Å²) in [6.45, 7) is 6.43. The van der Waals surface area contributed by atoms with Gasteiger partial charge in [0.15, 0.2) is 0 Å². The van der Waals surface area contributed by atoms with E-state index >= 15 is 0 Å². The smallest absolute Gasteiger partial charge is 0.128 e. The van der Waals surface area contributed by atoms with E-state index in [9.17, 15) is 0 Å². The molecule has 4 heteroatoms. The Morgan fingerprint density at radius 2 is 2.00 bits per heavy atom. The molecule has 0 unspecified atom stereocenters. The molecule has 0 bridgehead atoms. The molecular weight excluding hydrogens is 308 g/mol. The lowest BCUT2D eigenvalue weighted by Crippen LogP contribution is -1.88. The lowest BCUT2D eigenvalue weighted by atomic mass is 9.99. The van der Waals surface area contributed by atoms with Crippen LogP contribution in [-0.2, 0) is 0 Å². The minimum absolute atomic E-state index is 0.618. The fourth-order valence-corrected chi connectivity index (χ4v) is 4.24. The van der Waals surface area contributed by atoms with Crippen molar-refractivity contribution in [2.45, 2.75) is 25.8 Å². The van der Waals surface area contributed by atoms with Crippen molar-refractivity contribution >= 4 is 33.3 Å². The van der Waals surface area contributed by atoms with Gasteiger partial charge in [-0.15, -0.1) is 17.8 Å². The Morgan fingerprint density at radius 3 is 2.73 bits per heavy atom. The molecule has 0 aliphatic carbocycles. The predicted octanol–water partition coefficient (Wildman–Crippen LogP) is 5.01. The van der Waals surface area contributed by atoms with Crippen molar-refractivity contribution in [1.82, 2.24) is 9.97 Å². The molecule has 0 spiro atoms. The van der Waals surface area contributed by atoms with Crippen molar-refractivity contribution in [3.8, 4) is 23.5 Å². The monoisotopic (exact) mass is 324 g/mol.